The lowest BCUT2D eigenvalue weighted by Crippen LogP contribution is -2.51. The van der Waals surface area contributed by atoms with E-state index < -0.39 is 0 Å². The van der Waals surface area contributed by atoms with Gasteiger partial charge in [0, 0.05) is 24.3 Å². The average molecular weight is 421 g/mol. The van der Waals surface area contributed by atoms with Gasteiger partial charge in [-0.1, -0.05) is 24.3 Å². The van der Waals surface area contributed by atoms with Crippen LogP contribution in [0.4, 0.5) is 5.69 Å². The molecule has 0 amide bonds. The molecular weight excluding hydrogens is 384 g/mol. The van der Waals surface area contributed by atoms with Gasteiger partial charge >= 0.3 is 0 Å². The third-order valence-electron chi connectivity index (χ3n) is 7.28. The maximum absolute atomic E-state index is 6.56. The number of rotatable bonds is 6. The van der Waals surface area contributed by atoms with Crippen molar-refractivity contribution in [3.63, 3.8) is 0 Å². The maximum atomic E-state index is 6.56. The van der Waals surface area contributed by atoms with Crippen LogP contribution in [0, 0.1) is 5.92 Å². The van der Waals surface area contributed by atoms with E-state index in [2.05, 4.69) is 58.7 Å². The quantitative estimate of drug-likeness (QED) is 0.719. The van der Waals surface area contributed by atoms with E-state index in [0.29, 0.717) is 18.2 Å². The van der Waals surface area contributed by atoms with Crippen molar-refractivity contribution in [3.8, 4) is 5.75 Å². The summed E-state index contributed by atoms with van der Waals surface area (Å²) in [6.45, 7) is 3.23. The summed E-state index contributed by atoms with van der Waals surface area (Å²) < 4.78 is 12.1. The first-order valence-corrected chi connectivity index (χ1v) is 12.1. The molecule has 0 aromatic heterocycles. The van der Waals surface area contributed by atoms with Crippen molar-refractivity contribution in [3.05, 3.63) is 59.7 Å². The van der Waals surface area contributed by atoms with Crippen LogP contribution in [0.15, 0.2) is 48.5 Å². The Morgan fingerprint density at radius 1 is 1.03 bits per heavy atom. The Labute approximate surface area is 186 Å². The summed E-state index contributed by atoms with van der Waals surface area (Å²) in [4.78, 5) is 2.78. The number of methoxy groups -OCH3 is 1. The van der Waals surface area contributed by atoms with E-state index in [1.807, 2.05) is 0 Å². The fourth-order valence-corrected chi connectivity index (χ4v) is 5.34. The van der Waals surface area contributed by atoms with E-state index >= 15 is 0 Å². The van der Waals surface area contributed by atoms with Gasteiger partial charge in [0.1, 0.15) is 5.75 Å². The van der Waals surface area contributed by atoms with Crippen molar-refractivity contribution in [2.75, 3.05) is 32.1 Å². The van der Waals surface area contributed by atoms with Gasteiger partial charge in [0.15, 0.2) is 0 Å². The Hall–Kier alpha value is -2.04. The molecule has 166 valence electrons. The van der Waals surface area contributed by atoms with Crippen LogP contribution in [0.25, 0.3) is 0 Å². The largest absolute Gasteiger partial charge is 0.497 e. The lowest BCUT2D eigenvalue weighted by Gasteiger charge is -2.42. The molecule has 4 heteroatoms. The summed E-state index contributed by atoms with van der Waals surface area (Å²) in [5, 5.41) is 3.66. The molecule has 2 aromatic carbocycles. The Morgan fingerprint density at radius 3 is 2.65 bits per heavy atom. The molecule has 2 fully saturated rings. The van der Waals surface area contributed by atoms with Crippen molar-refractivity contribution < 1.29 is 9.47 Å². The molecule has 3 unspecified atom stereocenters. The van der Waals surface area contributed by atoms with E-state index in [-0.39, 0.29) is 0 Å². The molecule has 31 heavy (non-hydrogen) atoms. The summed E-state index contributed by atoms with van der Waals surface area (Å²) >= 11 is 0. The van der Waals surface area contributed by atoms with Crippen LogP contribution in [0.1, 0.15) is 43.2 Å². The fraction of sp³-hybridized carbons (Fsp3) is 0.556. The van der Waals surface area contributed by atoms with Gasteiger partial charge in [0.2, 0.25) is 0 Å². The Balaban J connectivity index is 1.29. The first-order chi connectivity index (χ1) is 15.3. The number of benzene rings is 2. The monoisotopic (exact) mass is 420 g/mol. The van der Waals surface area contributed by atoms with Gasteiger partial charge in [-0.2, -0.15) is 0 Å². The minimum absolute atomic E-state index is 0.320. The molecule has 0 bridgehead atoms. The van der Waals surface area contributed by atoms with Gasteiger partial charge in [0.25, 0.3) is 0 Å². The van der Waals surface area contributed by atoms with Crippen LogP contribution in [-0.2, 0) is 17.6 Å². The molecule has 1 aliphatic carbocycles. The van der Waals surface area contributed by atoms with Crippen LogP contribution in [0.2, 0.25) is 0 Å². The van der Waals surface area contributed by atoms with Crippen LogP contribution in [0.3, 0.4) is 0 Å². The first-order valence-electron chi connectivity index (χ1n) is 12.1. The summed E-state index contributed by atoms with van der Waals surface area (Å²) in [5.41, 5.74) is 4.15. The molecule has 2 aliphatic heterocycles. The highest BCUT2D eigenvalue weighted by Gasteiger charge is 2.36. The van der Waals surface area contributed by atoms with Crippen LogP contribution < -0.4 is 10.1 Å². The molecule has 1 saturated heterocycles. The second-order valence-corrected chi connectivity index (χ2v) is 9.60. The topological polar surface area (TPSA) is 33.7 Å². The van der Waals surface area contributed by atoms with Crippen LogP contribution in [-0.4, -0.2) is 49.9 Å². The van der Waals surface area contributed by atoms with E-state index in [9.17, 15) is 0 Å². The zero-order valence-electron chi connectivity index (χ0n) is 18.8. The second-order valence-electron chi connectivity index (χ2n) is 9.60. The third-order valence-corrected chi connectivity index (χ3v) is 7.28. The summed E-state index contributed by atoms with van der Waals surface area (Å²) in [6.07, 6.45) is 8.89. The molecule has 2 aromatic rings. The van der Waals surface area contributed by atoms with E-state index in [1.54, 1.807) is 7.11 Å². The number of ether oxygens (including phenoxy) is 2. The number of hydrogen-bond donors (Lipinski definition) is 1. The van der Waals surface area contributed by atoms with E-state index in [4.69, 9.17) is 9.47 Å². The smallest absolute Gasteiger partial charge is 0.119 e. The SMILES string of the molecule is COc1ccc2c(c1)CCCN(CC1CC1)C(C1CCC(Nc3ccccc3)CO1)C2. The Kier molecular flexibility index (Phi) is 6.47. The van der Waals surface area contributed by atoms with Crippen LogP contribution >= 0.6 is 0 Å². The van der Waals surface area contributed by atoms with Crippen molar-refractivity contribution in [2.24, 2.45) is 5.92 Å². The highest BCUT2D eigenvalue weighted by atomic mass is 16.5. The number of aryl methyl sites for hydroxylation is 1. The van der Waals surface area contributed by atoms with Crippen LogP contribution in [0.5, 0.6) is 5.75 Å². The lowest BCUT2D eigenvalue weighted by molar-refractivity contribution is -0.0481. The molecule has 3 aliphatic rings. The normalized spacial score (nSPS) is 27.1. The van der Waals surface area contributed by atoms with Gasteiger partial charge in [-0.05, 0) is 92.8 Å². The first kappa shape index (κ1) is 20.8. The molecule has 0 spiro atoms. The summed E-state index contributed by atoms with van der Waals surface area (Å²) in [6, 6.07) is 18.1. The highest BCUT2D eigenvalue weighted by molar-refractivity contribution is 5.43. The van der Waals surface area contributed by atoms with Crippen molar-refractivity contribution in [1.82, 2.24) is 4.90 Å². The predicted octanol–water partition coefficient (Wildman–Crippen LogP) is 4.92. The minimum Gasteiger partial charge on any atom is -0.497 e. The molecule has 3 atom stereocenters. The van der Waals surface area contributed by atoms with E-state index in [1.165, 1.54) is 55.6 Å². The van der Waals surface area contributed by atoms with Gasteiger partial charge in [-0.3, -0.25) is 4.90 Å². The van der Waals surface area contributed by atoms with Gasteiger partial charge in [0.05, 0.1) is 19.8 Å². The predicted molar refractivity (Wildman–Crippen MR) is 126 cm³/mol. The minimum atomic E-state index is 0.320. The summed E-state index contributed by atoms with van der Waals surface area (Å²) in [5.74, 6) is 1.89. The molecule has 2 heterocycles. The lowest BCUT2D eigenvalue weighted by atomic mass is 9.88. The average Bonchev–Trinajstić information content (AvgIpc) is 3.62. The van der Waals surface area contributed by atoms with Crippen molar-refractivity contribution in [2.45, 2.75) is 63.1 Å². The zero-order valence-corrected chi connectivity index (χ0v) is 18.8. The second kappa shape index (κ2) is 9.62. The number of fused-ring (bicyclic) bond motifs is 1. The molecule has 1 N–H and O–H groups in total. The van der Waals surface area contributed by atoms with Gasteiger partial charge in [-0.25, -0.2) is 0 Å². The molecule has 0 radical (unpaired) electrons. The third kappa shape index (κ3) is 5.24. The zero-order chi connectivity index (χ0) is 21.0. The summed E-state index contributed by atoms with van der Waals surface area (Å²) in [7, 11) is 1.76. The molecule has 4 nitrogen and oxygen atoms in total. The highest BCUT2D eigenvalue weighted by Crippen LogP contribution is 2.34. The van der Waals surface area contributed by atoms with Gasteiger partial charge in [-0.15, -0.1) is 0 Å². The Bertz CT molecular complexity index is 844. The molecule has 5 rings (SSSR count). The number of para-hydroxylation sites is 1. The van der Waals surface area contributed by atoms with Crippen molar-refractivity contribution >= 4 is 5.69 Å². The number of nitrogens with one attached hydrogen (secondary N) is 1. The standard InChI is InChI=1S/C27H36N2O2/c1-30-25-13-11-22-17-26(29(18-20-9-10-20)15-5-6-21(22)16-25)27-14-12-24(19-31-27)28-23-7-3-2-4-8-23/h2-4,7-8,11,13,16,20,24,26-28H,5-6,9-10,12,14-15,17-19H2,1H3. The van der Waals surface area contributed by atoms with E-state index in [0.717, 1.165) is 37.5 Å². The fourth-order valence-electron chi connectivity index (χ4n) is 5.34. The number of hydrogen-bond acceptors (Lipinski definition) is 4. The van der Waals surface area contributed by atoms with Gasteiger partial charge < -0.3 is 14.8 Å². The molecular formula is C27H36N2O2. The number of anilines is 1. The maximum Gasteiger partial charge on any atom is 0.119 e. The molecule has 1 saturated carbocycles. The van der Waals surface area contributed by atoms with Crippen molar-refractivity contribution in [1.29, 1.82) is 0 Å². The Morgan fingerprint density at radius 2 is 1.90 bits per heavy atom. The number of nitrogens with zero attached hydrogens (tertiary/aromatic N) is 1.